The second-order valence-corrected chi connectivity index (χ2v) is 8.12. The maximum absolute atomic E-state index is 13.0. The third kappa shape index (κ3) is 4.36. The van der Waals surface area contributed by atoms with Crippen LogP contribution >= 0.6 is 0 Å². The molecule has 1 aliphatic carbocycles. The summed E-state index contributed by atoms with van der Waals surface area (Å²) in [6, 6.07) is 4.01. The van der Waals surface area contributed by atoms with Crippen LogP contribution in [0.25, 0.3) is 0 Å². The van der Waals surface area contributed by atoms with Crippen LogP contribution in [0.4, 0.5) is 9.18 Å². The van der Waals surface area contributed by atoms with Crippen LogP contribution in [-0.2, 0) is 9.59 Å². The number of rotatable bonds is 3. The van der Waals surface area contributed by atoms with Gasteiger partial charge in [-0.25, -0.2) is 9.18 Å². The Morgan fingerprint density at radius 2 is 1.83 bits per heavy atom. The van der Waals surface area contributed by atoms with Crippen LogP contribution in [0.1, 0.15) is 38.5 Å². The van der Waals surface area contributed by atoms with Gasteiger partial charge in [-0.2, -0.15) is 0 Å². The van der Waals surface area contributed by atoms with Gasteiger partial charge in [0.1, 0.15) is 23.7 Å². The van der Waals surface area contributed by atoms with Crippen LogP contribution in [0, 0.1) is 11.7 Å². The molecule has 29 heavy (non-hydrogen) atoms. The molecule has 1 saturated carbocycles. The third-order valence-corrected chi connectivity index (χ3v) is 6.15. The van der Waals surface area contributed by atoms with E-state index in [1.54, 1.807) is 4.90 Å². The predicted molar refractivity (Wildman–Crippen MR) is 103 cm³/mol. The standard InChI is InChI=1S/C21H26FN3O4/c22-15-6-8-16(9-7-15)29-21(28)24-10-11-25-18(13-24)19(26)23-17(20(25)27)12-14-4-2-1-3-5-14/h6-9,14,17-18H,1-5,10-13H2,(H,23,26)/t17-,18+/m0/s1. The molecule has 0 spiro atoms. The number of halogens is 1. The van der Waals surface area contributed by atoms with E-state index in [4.69, 9.17) is 4.74 Å². The van der Waals surface area contributed by atoms with Crippen molar-refractivity contribution in [2.24, 2.45) is 5.92 Å². The summed E-state index contributed by atoms with van der Waals surface area (Å²) in [5.41, 5.74) is 0. The fraction of sp³-hybridized carbons (Fsp3) is 0.571. The molecule has 2 aliphatic heterocycles. The summed E-state index contributed by atoms with van der Waals surface area (Å²) in [4.78, 5) is 41.0. The molecule has 0 radical (unpaired) electrons. The average Bonchev–Trinajstić information content (AvgIpc) is 2.74. The maximum atomic E-state index is 13.0. The van der Waals surface area contributed by atoms with Gasteiger partial charge >= 0.3 is 6.09 Å². The van der Waals surface area contributed by atoms with Crippen LogP contribution in [0.3, 0.4) is 0 Å². The highest BCUT2D eigenvalue weighted by molar-refractivity contribution is 5.97. The van der Waals surface area contributed by atoms with Crippen LogP contribution in [0.5, 0.6) is 5.75 Å². The van der Waals surface area contributed by atoms with Gasteiger partial charge in [0.2, 0.25) is 11.8 Å². The monoisotopic (exact) mass is 403 g/mol. The van der Waals surface area contributed by atoms with Crippen molar-refractivity contribution in [3.63, 3.8) is 0 Å². The number of hydrogen-bond donors (Lipinski definition) is 1. The fourth-order valence-electron chi connectivity index (χ4n) is 4.55. The van der Waals surface area contributed by atoms with E-state index in [1.165, 1.54) is 48.4 Å². The lowest BCUT2D eigenvalue weighted by Crippen LogP contribution is -2.70. The molecular formula is C21H26FN3O4. The maximum Gasteiger partial charge on any atom is 0.415 e. The van der Waals surface area contributed by atoms with Gasteiger partial charge in [-0.15, -0.1) is 0 Å². The number of amides is 3. The molecule has 4 rings (SSSR count). The Balaban J connectivity index is 1.36. The van der Waals surface area contributed by atoms with Gasteiger partial charge in [0, 0.05) is 13.1 Å². The first-order valence-electron chi connectivity index (χ1n) is 10.3. The number of benzene rings is 1. The minimum absolute atomic E-state index is 0.0493. The van der Waals surface area contributed by atoms with Crippen LogP contribution < -0.4 is 10.1 Å². The van der Waals surface area contributed by atoms with Crippen molar-refractivity contribution in [3.8, 4) is 5.75 Å². The first-order chi connectivity index (χ1) is 14.0. The quantitative estimate of drug-likeness (QED) is 0.840. The van der Waals surface area contributed by atoms with E-state index in [0.717, 1.165) is 12.8 Å². The molecule has 156 valence electrons. The topological polar surface area (TPSA) is 79.0 Å². The van der Waals surface area contributed by atoms with Gasteiger partial charge in [-0.3, -0.25) is 9.59 Å². The van der Waals surface area contributed by atoms with Gasteiger partial charge in [-0.05, 0) is 36.6 Å². The zero-order valence-electron chi connectivity index (χ0n) is 16.3. The highest BCUT2D eigenvalue weighted by Gasteiger charge is 2.45. The van der Waals surface area contributed by atoms with Crippen LogP contribution in [0.15, 0.2) is 24.3 Å². The normalized spacial score (nSPS) is 25.4. The van der Waals surface area contributed by atoms with Gasteiger partial charge in [0.15, 0.2) is 0 Å². The Labute approximate surface area is 169 Å². The molecule has 1 aromatic rings. The Morgan fingerprint density at radius 1 is 1.10 bits per heavy atom. The van der Waals surface area contributed by atoms with Crippen molar-refractivity contribution in [1.82, 2.24) is 15.1 Å². The van der Waals surface area contributed by atoms with Crippen molar-refractivity contribution in [3.05, 3.63) is 30.1 Å². The zero-order chi connectivity index (χ0) is 20.4. The number of hydrogen-bond acceptors (Lipinski definition) is 4. The lowest BCUT2D eigenvalue weighted by Gasteiger charge is -2.45. The zero-order valence-corrected chi connectivity index (χ0v) is 16.3. The first-order valence-corrected chi connectivity index (χ1v) is 10.3. The molecule has 1 aromatic carbocycles. The van der Waals surface area contributed by atoms with E-state index in [0.29, 0.717) is 25.4 Å². The van der Waals surface area contributed by atoms with E-state index in [-0.39, 0.29) is 24.1 Å². The van der Waals surface area contributed by atoms with Gasteiger partial charge in [-0.1, -0.05) is 32.1 Å². The van der Waals surface area contributed by atoms with E-state index in [1.807, 2.05) is 0 Å². The van der Waals surface area contributed by atoms with E-state index >= 15 is 0 Å². The molecule has 2 atom stereocenters. The van der Waals surface area contributed by atoms with E-state index < -0.39 is 24.0 Å². The summed E-state index contributed by atoms with van der Waals surface area (Å²) in [6.07, 6.45) is 5.95. The number of ether oxygens (including phenoxy) is 1. The number of fused-ring (bicyclic) bond motifs is 1. The van der Waals surface area contributed by atoms with Crippen molar-refractivity contribution < 1.29 is 23.5 Å². The highest BCUT2D eigenvalue weighted by atomic mass is 19.1. The Kier molecular flexibility index (Phi) is 5.69. The van der Waals surface area contributed by atoms with E-state index in [9.17, 15) is 18.8 Å². The lowest BCUT2D eigenvalue weighted by atomic mass is 9.84. The molecule has 1 N–H and O–H groups in total. The average molecular weight is 403 g/mol. The molecule has 2 saturated heterocycles. The van der Waals surface area contributed by atoms with Gasteiger partial charge in [0.05, 0.1) is 6.54 Å². The van der Waals surface area contributed by atoms with Crippen LogP contribution in [0.2, 0.25) is 0 Å². The minimum Gasteiger partial charge on any atom is -0.410 e. The molecule has 0 aromatic heterocycles. The molecule has 0 bridgehead atoms. The summed E-state index contributed by atoms with van der Waals surface area (Å²) < 4.78 is 18.2. The first kappa shape index (κ1) is 19.7. The van der Waals surface area contributed by atoms with E-state index in [2.05, 4.69) is 5.32 Å². The number of carbonyl (C=O) groups excluding carboxylic acids is 3. The van der Waals surface area contributed by atoms with Gasteiger partial charge < -0.3 is 19.9 Å². The van der Waals surface area contributed by atoms with Crippen molar-refractivity contribution in [2.75, 3.05) is 19.6 Å². The Hall–Kier alpha value is -2.64. The largest absolute Gasteiger partial charge is 0.415 e. The number of piperazine rings is 2. The molecule has 3 amide bonds. The second-order valence-electron chi connectivity index (χ2n) is 8.12. The van der Waals surface area contributed by atoms with Crippen molar-refractivity contribution in [1.29, 1.82) is 0 Å². The second kappa shape index (κ2) is 8.39. The summed E-state index contributed by atoms with van der Waals surface area (Å²) in [5.74, 6) is 0.0343. The molecule has 3 aliphatic rings. The molecule has 7 nitrogen and oxygen atoms in total. The van der Waals surface area contributed by atoms with Crippen LogP contribution in [-0.4, -0.2) is 59.4 Å². The van der Waals surface area contributed by atoms with Gasteiger partial charge in [0.25, 0.3) is 0 Å². The highest BCUT2D eigenvalue weighted by Crippen LogP contribution is 2.29. The molecule has 0 unspecified atom stereocenters. The predicted octanol–water partition coefficient (Wildman–Crippen LogP) is 2.31. The smallest absolute Gasteiger partial charge is 0.410 e. The molecule has 8 heteroatoms. The number of carbonyl (C=O) groups is 3. The van der Waals surface area contributed by atoms with Crippen molar-refractivity contribution in [2.45, 2.75) is 50.6 Å². The van der Waals surface area contributed by atoms with Crippen molar-refractivity contribution >= 4 is 17.9 Å². The summed E-state index contributed by atoms with van der Waals surface area (Å²) >= 11 is 0. The molecular weight excluding hydrogens is 377 g/mol. The Bertz CT molecular complexity index is 779. The molecule has 2 heterocycles. The Morgan fingerprint density at radius 3 is 2.55 bits per heavy atom. The SMILES string of the molecule is O=C1N[C@@H](CC2CCCCC2)C(=O)N2CCN(C(=O)Oc3ccc(F)cc3)C[C@H]12. The minimum atomic E-state index is -0.695. The lowest BCUT2D eigenvalue weighted by molar-refractivity contribution is -0.152. The summed E-state index contributed by atoms with van der Waals surface area (Å²) in [5, 5.41) is 2.88. The third-order valence-electron chi connectivity index (χ3n) is 6.15. The summed E-state index contributed by atoms with van der Waals surface area (Å²) in [7, 11) is 0. The summed E-state index contributed by atoms with van der Waals surface area (Å²) in [6.45, 7) is 0.691. The molecule has 3 fully saturated rings. The fourth-order valence-corrected chi connectivity index (χ4v) is 4.55. The number of nitrogens with one attached hydrogen (secondary N) is 1. The number of nitrogens with zero attached hydrogens (tertiary/aromatic N) is 2.